The summed E-state index contributed by atoms with van der Waals surface area (Å²) in [6.45, 7) is 0.589. The van der Waals surface area contributed by atoms with Crippen LogP contribution in [0.3, 0.4) is 0 Å². The number of halogens is 1. The van der Waals surface area contributed by atoms with Gasteiger partial charge in [-0.05, 0) is 24.1 Å². The van der Waals surface area contributed by atoms with Crippen LogP contribution in [0.5, 0.6) is 0 Å². The lowest BCUT2D eigenvalue weighted by atomic mass is 10.1. The van der Waals surface area contributed by atoms with Crippen molar-refractivity contribution in [3.63, 3.8) is 0 Å². The van der Waals surface area contributed by atoms with Gasteiger partial charge in [-0.25, -0.2) is 4.39 Å². The molecule has 20 heavy (non-hydrogen) atoms. The lowest BCUT2D eigenvalue weighted by Crippen LogP contribution is -2.46. The maximum atomic E-state index is 13.1. The van der Waals surface area contributed by atoms with E-state index >= 15 is 0 Å². The smallest absolute Gasteiger partial charge is 0.303 e. The zero-order chi connectivity index (χ0) is 14.5. The summed E-state index contributed by atoms with van der Waals surface area (Å²) < 4.78 is 18.4. The molecule has 1 aliphatic heterocycles. The number of nitrogens with zero attached hydrogens (tertiary/aromatic N) is 1. The molecule has 0 radical (unpaired) electrons. The highest BCUT2D eigenvalue weighted by Gasteiger charge is 2.26. The second kappa shape index (κ2) is 6.47. The van der Waals surface area contributed by atoms with Gasteiger partial charge in [0.1, 0.15) is 12.4 Å². The molecule has 1 aromatic carbocycles. The van der Waals surface area contributed by atoms with Crippen molar-refractivity contribution in [2.75, 3.05) is 13.2 Å². The summed E-state index contributed by atoms with van der Waals surface area (Å²) in [5.74, 6) is -1.39. The number of benzene rings is 1. The highest BCUT2D eigenvalue weighted by atomic mass is 19.1. The van der Waals surface area contributed by atoms with Gasteiger partial charge in [0, 0.05) is 19.5 Å². The Morgan fingerprint density at radius 2 is 2.30 bits per heavy atom. The van der Waals surface area contributed by atoms with Crippen molar-refractivity contribution in [2.24, 2.45) is 0 Å². The highest BCUT2D eigenvalue weighted by molar-refractivity contribution is 5.78. The van der Waals surface area contributed by atoms with Gasteiger partial charge >= 0.3 is 5.97 Å². The first-order valence-corrected chi connectivity index (χ1v) is 6.40. The number of hydrogen-bond donors (Lipinski definition) is 1. The van der Waals surface area contributed by atoms with Crippen LogP contribution in [0.25, 0.3) is 0 Å². The molecule has 0 aliphatic carbocycles. The standard InChI is InChI=1S/C14H16FNO4/c15-11-3-1-2-10(6-11)7-16-8-12(4-5-14(18)19)20-9-13(16)17/h1-3,6,12H,4-5,7-9H2,(H,18,19). The molecule has 1 saturated heterocycles. The molecule has 1 N–H and O–H groups in total. The largest absolute Gasteiger partial charge is 0.481 e. The van der Waals surface area contributed by atoms with Crippen molar-refractivity contribution in [1.29, 1.82) is 0 Å². The third-order valence-corrected chi connectivity index (χ3v) is 3.16. The minimum atomic E-state index is -0.887. The van der Waals surface area contributed by atoms with Crippen LogP contribution < -0.4 is 0 Å². The Morgan fingerprint density at radius 3 is 3.00 bits per heavy atom. The number of carbonyl (C=O) groups is 2. The molecule has 1 atom stereocenters. The van der Waals surface area contributed by atoms with E-state index in [2.05, 4.69) is 0 Å². The van der Waals surface area contributed by atoms with Crippen LogP contribution in [0.1, 0.15) is 18.4 Å². The highest BCUT2D eigenvalue weighted by Crippen LogP contribution is 2.15. The van der Waals surface area contributed by atoms with Crippen molar-refractivity contribution >= 4 is 11.9 Å². The predicted molar refractivity (Wildman–Crippen MR) is 68.4 cm³/mol. The lowest BCUT2D eigenvalue weighted by molar-refractivity contribution is -0.151. The fraction of sp³-hybridized carbons (Fsp3) is 0.429. The second-order valence-corrected chi connectivity index (χ2v) is 4.77. The van der Waals surface area contributed by atoms with Gasteiger partial charge in [0.15, 0.2) is 0 Å². The van der Waals surface area contributed by atoms with Crippen molar-refractivity contribution < 1.29 is 23.8 Å². The number of hydrogen-bond acceptors (Lipinski definition) is 3. The van der Waals surface area contributed by atoms with Crippen LogP contribution in [0.15, 0.2) is 24.3 Å². The number of rotatable bonds is 5. The third-order valence-electron chi connectivity index (χ3n) is 3.16. The molecule has 108 valence electrons. The summed E-state index contributed by atoms with van der Waals surface area (Å²) in [5.41, 5.74) is 0.706. The first kappa shape index (κ1) is 14.5. The maximum Gasteiger partial charge on any atom is 0.303 e. The van der Waals surface area contributed by atoms with E-state index in [0.717, 1.165) is 0 Å². The van der Waals surface area contributed by atoms with Gasteiger partial charge in [-0.15, -0.1) is 0 Å². The van der Waals surface area contributed by atoms with E-state index in [-0.39, 0.29) is 30.9 Å². The second-order valence-electron chi connectivity index (χ2n) is 4.77. The number of carbonyl (C=O) groups excluding carboxylic acids is 1. The number of amides is 1. The van der Waals surface area contributed by atoms with Crippen molar-refractivity contribution in [3.8, 4) is 0 Å². The zero-order valence-electron chi connectivity index (χ0n) is 10.9. The van der Waals surface area contributed by atoms with Crippen LogP contribution in [-0.4, -0.2) is 41.1 Å². The monoisotopic (exact) mass is 281 g/mol. The minimum Gasteiger partial charge on any atom is -0.481 e. The van der Waals surface area contributed by atoms with E-state index in [1.165, 1.54) is 12.1 Å². The van der Waals surface area contributed by atoms with Gasteiger partial charge < -0.3 is 14.7 Å². The van der Waals surface area contributed by atoms with Gasteiger partial charge in [-0.2, -0.15) is 0 Å². The zero-order valence-corrected chi connectivity index (χ0v) is 10.9. The summed E-state index contributed by atoms with van der Waals surface area (Å²) in [6.07, 6.45) is 0.0897. The van der Waals surface area contributed by atoms with Crippen LogP contribution in [0, 0.1) is 5.82 Å². The van der Waals surface area contributed by atoms with Crippen molar-refractivity contribution in [1.82, 2.24) is 4.90 Å². The molecule has 6 heteroatoms. The Labute approximate surface area is 116 Å². The first-order valence-electron chi connectivity index (χ1n) is 6.40. The lowest BCUT2D eigenvalue weighted by Gasteiger charge is -2.32. The van der Waals surface area contributed by atoms with E-state index in [4.69, 9.17) is 9.84 Å². The number of carboxylic acids is 1. The molecule has 1 fully saturated rings. The molecular weight excluding hydrogens is 265 g/mol. The summed E-state index contributed by atoms with van der Waals surface area (Å²) in [7, 11) is 0. The number of carboxylic acid groups (broad SMARTS) is 1. The summed E-state index contributed by atoms with van der Waals surface area (Å²) in [5, 5.41) is 8.65. The molecule has 0 spiro atoms. The molecule has 5 nitrogen and oxygen atoms in total. The predicted octanol–water partition coefficient (Wildman–Crippen LogP) is 1.42. The SMILES string of the molecule is O=C(O)CCC1CN(Cc2cccc(F)c2)C(=O)CO1. The average molecular weight is 281 g/mol. The number of ether oxygens (including phenoxy) is 1. The quantitative estimate of drug-likeness (QED) is 0.886. The van der Waals surface area contributed by atoms with Gasteiger partial charge in [0.05, 0.1) is 6.10 Å². The van der Waals surface area contributed by atoms with Gasteiger partial charge in [-0.3, -0.25) is 9.59 Å². The Kier molecular flexibility index (Phi) is 4.68. The van der Waals surface area contributed by atoms with Gasteiger partial charge in [-0.1, -0.05) is 12.1 Å². The number of aliphatic carboxylic acids is 1. The minimum absolute atomic E-state index is 0.00661. The van der Waals surface area contributed by atoms with Crippen molar-refractivity contribution in [3.05, 3.63) is 35.6 Å². The van der Waals surface area contributed by atoms with E-state index < -0.39 is 5.97 Å². The third kappa shape index (κ3) is 4.03. The Morgan fingerprint density at radius 1 is 1.50 bits per heavy atom. The average Bonchev–Trinajstić information content (AvgIpc) is 2.39. The molecule has 0 saturated carbocycles. The number of morpholine rings is 1. The molecule has 1 amide bonds. The molecule has 0 aromatic heterocycles. The van der Waals surface area contributed by atoms with E-state index in [9.17, 15) is 14.0 Å². The van der Waals surface area contributed by atoms with Crippen LogP contribution in [-0.2, 0) is 20.9 Å². The topological polar surface area (TPSA) is 66.8 Å². The summed E-state index contributed by atoms with van der Waals surface area (Å²) in [6, 6.07) is 6.07. The van der Waals surface area contributed by atoms with Crippen LogP contribution >= 0.6 is 0 Å². The van der Waals surface area contributed by atoms with E-state index in [0.29, 0.717) is 25.1 Å². The molecule has 1 aliphatic rings. The Balaban J connectivity index is 1.95. The van der Waals surface area contributed by atoms with Gasteiger partial charge in [0.25, 0.3) is 0 Å². The molecular formula is C14H16FNO4. The molecule has 0 bridgehead atoms. The normalized spacial score (nSPS) is 19.1. The Bertz CT molecular complexity index is 506. The molecule has 1 aromatic rings. The molecule has 1 unspecified atom stereocenters. The van der Waals surface area contributed by atoms with Crippen LogP contribution in [0.4, 0.5) is 4.39 Å². The Hall–Kier alpha value is -1.95. The van der Waals surface area contributed by atoms with Crippen LogP contribution in [0.2, 0.25) is 0 Å². The molecule has 1 heterocycles. The van der Waals surface area contributed by atoms with Gasteiger partial charge in [0.2, 0.25) is 5.91 Å². The summed E-state index contributed by atoms with van der Waals surface area (Å²) in [4.78, 5) is 23.9. The first-order chi connectivity index (χ1) is 9.54. The summed E-state index contributed by atoms with van der Waals surface area (Å²) >= 11 is 0. The fourth-order valence-corrected chi connectivity index (χ4v) is 2.15. The van der Waals surface area contributed by atoms with E-state index in [1.807, 2.05) is 0 Å². The van der Waals surface area contributed by atoms with E-state index in [1.54, 1.807) is 17.0 Å². The molecule has 2 rings (SSSR count). The van der Waals surface area contributed by atoms with Crippen molar-refractivity contribution in [2.45, 2.75) is 25.5 Å². The maximum absolute atomic E-state index is 13.1. The fourth-order valence-electron chi connectivity index (χ4n) is 2.15.